The summed E-state index contributed by atoms with van der Waals surface area (Å²) in [6.07, 6.45) is 3.52. The fourth-order valence-electron chi connectivity index (χ4n) is 4.11. The van der Waals surface area contributed by atoms with Crippen LogP contribution in [0, 0.1) is 18.8 Å². The Labute approximate surface area is 148 Å². The van der Waals surface area contributed by atoms with Crippen LogP contribution in [0.5, 0.6) is 5.75 Å². The number of methoxy groups -OCH3 is 1. The SMILES string of the molecule is COc1ccccc1CN1CC2CN(C(=O)n3cc(C)cn3)CC2C1. The van der Waals surface area contributed by atoms with Gasteiger partial charge in [0, 0.05) is 44.5 Å². The Morgan fingerprint density at radius 2 is 1.92 bits per heavy atom. The summed E-state index contributed by atoms with van der Waals surface area (Å²) in [5.41, 5.74) is 2.24. The molecule has 2 saturated heterocycles. The van der Waals surface area contributed by atoms with Crippen LogP contribution in [0.1, 0.15) is 11.1 Å². The van der Waals surface area contributed by atoms with Gasteiger partial charge in [0.1, 0.15) is 5.75 Å². The van der Waals surface area contributed by atoms with Crippen molar-refractivity contribution in [3.8, 4) is 5.75 Å². The average molecular weight is 340 g/mol. The predicted molar refractivity (Wildman–Crippen MR) is 94.6 cm³/mol. The molecule has 25 heavy (non-hydrogen) atoms. The average Bonchev–Trinajstić information content (AvgIpc) is 3.29. The van der Waals surface area contributed by atoms with E-state index in [2.05, 4.69) is 22.1 Å². The van der Waals surface area contributed by atoms with E-state index in [0.717, 1.165) is 44.0 Å². The Hall–Kier alpha value is -2.34. The zero-order valence-electron chi connectivity index (χ0n) is 14.8. The van der Waals surface area contributed by atoms with Gasteiger partial charge in [-0.3, -0.25) is 4.90 Å². The highest BCUT2D eigenvalue weighted by molar-refractivity contribution is 5.76. The Morgan fingerprint density at radius 1 is 1.20 bits per heavy atom. The van der Waals surface area contributed by atoms with Gasteiger partial charge in [-0.15, -0.1) is 0 Å². The maximum absolute atomic E-state index is 12.5. The Morgan fingerprint density at radius 3 is 2.56 bits per heavy atom. The Balaban J connectivity index is 1.37. The summed E-state index contributed by atoms with van der Waals surface area (Å²) in [5, 5.41) is 4.15. The van der Waals surface area contributed by atoms with Crippen molar-refractivity contribution in [3.05, 3.63) is 47.8 Å². The number of likely N-dealkylation sites (tertiary alicyclic amines) is 2. The molecule has 132 valence electrons. The zero-order valence-corrected chi connectivity index (χ0v) is 14.8. The molecule has 0 N–H and O–H groups in total. The number of ether oxygens (including phenoxy) is 1. The number of rotatable bonds is 3. The van der Waals surface area contributed by atoms with Gasteiger partial charge < -0.3 is 9.64 Å². The van der Waals surface area contributed by atoms with Crippen LogP contribution in [0.2, 0.25) is 0 Å². The van der Waals surface area contributed by atoms with E-state index in [9.17, 15) is 4.79 Å². The first-order chi connectivity index (χ1) is 12.1. The number of carbonyl (C=O) groups excluding carboxylic acids is 1. The molecule has 0 aliphatic carbocycles. The van der Waals surface area contributed by atoms with Crippen LogP contribution in [0.4, 0.5) is 4.79 Å². The minimum absolute atomic E-state index is 0.00113. The zero-order chi connectivity index (χ0) is 17.4. The number of amides is 1. The van der Waals surface area contributed by atoms with E-state index in [1.165, 1.54) is 10.2 Å². The predicted octanol–water partition coefficient (Wildman–Crippen LogP) is 2.23. The molecule has 2 aliphatic rings. The lowest BCUT2D eigenvalue weighted by atomic mass is 10.0. The largest absolute Gasteiger partial charge is 0.496 e. The highest BCUT2D eigenvalue weighted by Crippen LogP contribution is 2.33. The summed E-state index contributed by atoms with van der Waals surface area (Å²) >= 11 is 0. The first kappa shape index (κ1) is 16.1. The van der Waals surface area contributed by atoms with Crippen molar-refractivity contribution in [2.75, 3.05) is 33.3 Å². The van der Waals surface area contributed by atoms with Gasteiger partial charge in [0.2, 0.25) is 0 Å². The number of aryl methyl sites for hydroxylation is 1. The van der Waals surface area contributed by atoms with Gasteiger partial charge in [-0.1, -0.05) is 18.2 Å². The second-order valence-corrected chi connectivity index (χ2v) is 7.18. The number of nitrogens with zero attached hydrogens (tertiary/aromatic N) is 4. The van der Waals surface area contributed by atoms with Crippen molar-refractivity contribution in [1.82, 2.24) is 19.6 Å². The van der Waals surface area contributed by atoms with Gasteiger partial charge in [0.15, 0.2) is 0 Å². The van der Waals surface area contributed by atoms with Crippen molar-refractivity contribution >= 4 is 6.03 Å². The molecule has 6 heteroatoms. The van der Waals surface area contributed by atoms with Crippen molar-refractivity contribution in [2.24, 2.45) is 11.8 Å². The molecule has 1 aromatic heterocycles. The number of benzene rings is 1. The summed E-state index contributed by atoms with van der Waals surface area (Å²) in [6.45, 7) is 6.57. The number of fused-ring (bicyclic) bond motifs is 1. The topological polar surface area (TPSA) is 50.6 Å². The number of para-hydroxylation sites is 1. The van der Waals surface area contributed by atoms with Crippen LogP contribution in [0.25, 0.3) is 0 Å². The van der Waals surface area contributed by atoms with Crippen LogP contribution in [0.15, 0.2) is 36.7 Å². The monoisotopic (exact) mass is 340 g/mol. The highest BCUT2D eigenvalue weighted by atomic mass is 16.5. The third-order valence-electron chi connectivity index (χ3n) is 5.33. The smallest absolute Gasteiger partial charge is 0.344 e. The van der Waals surface area contributed by atoms with E-state index >= 15 is 0 Å². The fraction of sp³-hybridized carbons (Fsp3) is 0.474. The van der Waals surface area contributed by atoms with Crippen molar-refractivity contribution in [1.29, 1.82) is 0 Å². The van der Waals surface area contributed by atoms with Gasteiger partial charge in [-0.2, -0.15) is 9.78 Å². The van der Waals surface area contributed by atoms with Gasteiger partial charge in [-0.05, 0) is 30.4 Å². The first-order valence-electron chi connectivity index (χ1n) is 8.79. The Kier molecular flexibility index (Phi) is 4.21. The van der Waals surface area contributed by atoms with E-state index < -0.39 is 0 Å². The van der Waals surface area contributed by atoms with E-state index in [1.54, 1.807) is 19.5 Å². The fourth-order valence-corrected chi connectivity index (χ4v) is 4.11. The molecule has 2 fully saturated rings. The quantitative estimate of drug-likeness (QED) is 0.860. The molecule has 2 aliphatic heterocycles. The van der Waals surface area contributed by atoms with Crippen LogP contribution in [0.3, 0.4) is 0 Å². The van der Waals surface area contributed by atoms with Crippen LogP contribution in [-0.2, 0) is 6.54 Å². The van der Waals surface area contributed by atoms with Gasteiger partial charge in [-0.25, -0.2) is 4.79 Å². The molecular weight excluding hydrogens is 316 g/mol. The minimum Gasteiger partial charge on any atom is -0.496 e. The van der Waals surface area contributed by atoms with Crippen LogP contribution in [-0.4, -0.2) is 58.9 Å². The molecule has 4 rings (SSSR count). The van der Waals surface area contributed by atoms with Crippen molar-refractivity contribution in [2.45, 2.75) is 13.5 Å². The third kappa shape index (κ3) is 3.14. The summed E-state index contributed by atoms with van der Waals surface area (Å²) < 4.78 is 6.92. The van der Waals surface area contributed by atoms with Crippen molar-refractivity contribution < 1.29 is 9.53 Å². The molecular formula is C19H24N4O2. The molecule has 2 aromatic rings. The lowest BCUT2D eigenvalue weighted by Gasteiger charge is -2.22. The lowest BCUT2D eigenvalue weighted by molar-refractivity contribution is 0.197. The van der Waals surface area contributed by atoms with Crippen LogP contribution >= 0.6 is 0 Å². The highest BCUT2D eigenvalue weighted by Gasteiger charge is 2.42. The second kappa shape index (κ2) is 6.52. The summed E-state index contributed by atoms with van der Waals surface area (Å²) in [7, 11) is 1.72. The maximum Gasteiger partial charge on any atom is 0.344 e. The minimum atomic E-state index is -0.00113. The molecule has 0 bridgehead atoms. The normalized spacial score (nSPS) is 23.0. The summed E-state index contributed by atoms with van der Waals surface area (Å²) in [6, 6.07) is 8.20. The molecule has 3 heterocycles. The second-order valence-electron chi connectivity index (χ2n) is 7.18. The molecule has 2 unspecified atom stereocenters. The van der Waals surface area contributed by atoms with Crippen molar-refractivity contribution in [3.63, 3.8) is 0 Å². The molecule has 6 nitrogen and oxygen atoms in total. The molecule has 0 radical (unpaired) electrons. The number of aromatic nitrogens is 2. The third-order valence-corrected chi connectivity index (χ3v) is 5.33. The number of hydrogen-bond acceptors (Lipinski definition) is 4. The summed E-state index contributed by atoms with van der Waals surface area (Å²) in [5.74, 6) is 2.05. The van der Waals surface area contributed by atoms with E-state index in [0.29, 0.717) is 11.8 Å². The van der Waals surface area contributed by atoms with Gasteiger partial charge in [0.25, 0.3) is 0 Å². The molecule has 1 amide bonds. The van der Waals surface area contributed by atoms with E-state index in [-0.39, 0.29) is 6.03 Å². The van der Waals surface area contributed by atoms with E-state index in [1.807, 2.05) is 24.0 Å². The van der Waals surface area contributed by atoms with E-state index in [4.69, 9.17) is 4.74 Å². The van der Waals surface area contributed by atoms with Crippen LogP contribution < -0.4 is 4.74 Å². The Bertz CT molecular complexity index is 758. The number of carbonyl (C=O) groups is 1. The maximum atomic E-state index is 12.5. The molecule has 2 atom stereocenters. The van der Waals surface area contributed by atoms with Gasteiger partial charge >= 0.3 is 6.03 Å². The number of hydrogen-bond donors (Lipinski definition) is 0. The molecule has 0 saturated carbocycles. The molecule has 0 spiro atoms. The summed E-state index contributed by atoms with van der Waals surface area (Å²) in [4.78, 5) is 17.0. The standard InChI is InChI=1S/C19H24N4O2/c1-14-7-20-23(8-14)19(24)22-12-16-10-21(11-17(16)13-22)9-15-5-3-4-6-18(15)25-2/h3-8,16-17H,9-13H2,1-2H3. The lowest BCUT2D eigenvalue weighted by Crippen LogP contribution is -2.36. The van der Waals surface area contributed by atoms with Gasteiger partial charge in [0.05, 0.1) is 13.3 Å². The molecule has 1 aromatic carbocycles. The first-order valence-corrected chi connectivity index (χ1v) is 8.79.